The number of H-pyrrole nitrogens is 1. The first-order chi connectivity index (χ1) is 5.92. The van der Waals surface area contributed by atoms with Crippen LogP contribution >= 0.6 is 0 Å². The van der Waals surface area contributed by atoms with Crippen LogP contribution in [0.25, 0.3) is 10.9 Å². The van der Waals surface area contributed by atoms with Gasteiger partial charge in [-0.15, -0.1) is 0 Å². The fourth-order valence-corrected chi connectivity index (χ4v) is 1.36. The Morgan fingerprint density at radius 1 is 1.33 bits per heavy atom. The van der Waals surface area contributed by atoms with Gasteiger partial charge >= 0.3 is 0 Å². The van der Waals surface area contributed by atoms with Crippen molar-refractivity contribution in [3.05, 3.63) is 41.2 Å². The third-order valence-electron chi connectivity index (χ3n) is 1.94. The zero-order valence-electron chi connectivity index (χ0n) is 6.50. The molecule has 0 aliphatic rings. The molecule has 12 heavy (non-hydrogen) atoms. The van der Waals surface area contributed by atoms with Crippen LogP contribution < -0.4 is 5.48 Å². The van der Waals surface area contributed by atoms with Crippen molar-refractivity contribution in [2.75, 3.05) is 0 Å². The minimum Gasteiger partial charge on any atom is -0.788 e. The van der Waals surface area contributed by atoms with Crippen LogP contribution in [0.3, 0.4) is 0 Å². The summed E-state index contributed by atoms with van der Waals surface area (Å²) in [6.07, 6.45) is 1.86. The summed E-state index contributed by atoms with van der Waals surface area (Å²) in [7, 11) is 0. The van der Waals surface area contributed by atoms with Crippen molar-refractivity contribution in [1.29, 1.82) is 0 Å². The molecular formula is C9H9N2O-. The van der Waals surface area contributed by atoms with Gasteiger partial charge in [0.2, 0.25) is 0 Å². The number of hydroxylamine groups is 1. The van der Waals surface area contributed by atoms with Crippen molar-refractivity contribution in [2.45, 2.75) is 6.54 Å². The van der Waals surface area contributed by atoms with Crippen molar-refractivity contribution in [1.82, 2.24) is 10.5 Å². The largest absolute Gasteiger partial charge is 0.788 e. The van der Waals surface area contributed by atoms with Crippen LogP contribution in [0, 0.1) is 5.21 Å². The number of hydrogen-bond acceptors (Lipinski definition) is 2. The Labute approximate surface area is 70.0 Å². The molecule has 62 valence electrons. The molecule has 0 atom stereocenters. The lowest BCUT2D eigenvalue weighted by molar-refractivity contribution is 0.882. The SMILES string of the molecule is [O-]NCc1c[nH]c2ccccc12. The average molecular weight is 161 g/mol. The molecule has 2 rings (SSSR count). The van der Waals surface area contributed by atoms with Gasteiger partial charge in [-0.1, -0.05) is 18.2 Å². The van der Waals surface area contributed by atoms with Crippen LogP contribution in [-0.2, 0) is 6.54 Å². The van der Waals surface area contributed by atoms with Crippen LogP contribution in [0.5, 0.6) is 0 Å². The third-order valence-corrected chi connectivity index (χ3v) is 1.94. The highest BCUT2D eigenvalue weighted by atomic mass is 16.5. The summed E-state index contributed by atoms with van der Waals surface area (Å²) in [4.78, 5) is 3.09. The van der Waals surface area contributed by atoms with E-state index in [2.05, 4.69) is 4.98 Å². The first-order valence-electron chi connectivity index (χ1n) is 3.82. The molecule has 0 saturated heterocycles. The number of aromatic nitrogens is 1. The number of rotatable bonds is 2. The van der Waals surface area contributed by atoms with E-state index in [-0.39, 0.29) is 0 Å². The van der Waals surface area contributed by atoms with Crippen LogP contribution in [0.15, 0.2) is 30.5 Å². The molecular weight excluding hydrogens is 152 g/mol. The molecule has 1 heterocycles. The number of hydrogen-bond donors (Lipinski definition) is 2. The second-order valence-electron chi connectivity index (χ2n) is 2.68. The first kappa shape index (κ1) is 7.34. The summed E-state index contributed by atoms with van der Waals surface area (Å²) in [5.41, 5.74) is 3.98. The summed E-state index contributed by atoms with van der Waals surface area (Å²) in [6.45, 7) is 0.365. The Balaban J connectivity index is 2.55. The van der Waals surface area contributed by atoms with Gasteiger partial charge in [0.15, 0.2) is 0 Å². The fraction of sp³-hybridized carbons (Fsp3) is 0.111. The minimum atomic E-state index is 0.365. The summed E-state index contributed by atoms with van der Waals surface area (Å²) in [5.74, 6) is 0. The molecule has 0 amide bonds. The van der Waals surface area contributed by atoms with Gasteiger partial charge in [-0.2, -0.15) is 0 Å². The lowest BCUT2D eigenvalue weighted by atomic mass is 10.2. The molecule has 0 fully saturated rings. The Hall–Kier alpha value is -1.32. The highest BCUT2D eigenvalue weighted by Gasteiger charge is 1.98. The van der Waals surface area contributed by atoms with E-state index in [1.54, 1.807) is 0 Å². The monoisotopic (exact) mass is 161 g/mol. The van der Waals surface area contributed by atoms with E-state index in [0.29, 0.717) is 6.54 Å². The number of nitrogens with one attached hydrogen (secondary N) is 2. The highest BCUT2D eigenvalue weighted by molar-refractivity contribution is 5.82. The molecule has 1 aromatic heterocycles. The van der Waals surface area contributed by atoms with Gasteiger partial charge < -0.3 is 15.7 Å². The van der Waals surface area contributed by atoms with E-state index in [9.17, 15) is 5.21 Å². The van der Waals surface area contributed by atoms with Crippen molar-refractivity contribution < 1.29 is 0 Å². The molecule has 3 nitrogen and oxygen atoms in total. The molecule has 2 N–H and O–H groups in total. The van der Waals surface area contributed by atoms with E-state index in [1.807, 2.05) is 35.9 Å². The summed E-state index contributed by atoms with van der Waals surface area (Å²) >= 11 is 0. The predicted molar refractivity (Wildman–Crippen MR) is 48.5 cm³/mol. The lowest BCUT2D eigenvalue weighted by Crippen LogP contribution is -2.01. The summed E-state index contributed by atoms with van der Waals surface area (Å²) in [5, 5.41) is 11.3. The molecule has 0 aliphatic carbocycles. The zero-order valence-corrected chi connectivity index (χ0v) is 6.50. The number of benzene rings is 1. The van der Waals surface area contributed by atoms with E-state index in [0.717, 1.165) is 16.5 Å². The topological polar surface area (TPSA) is 50.9 Å². The van der Waals surface area contributed by atoms with E-state index >= 15 is 0 Å². The van der Waals surface area contributed by atoms with Gasteiger partial charge in [0.1, 0.15) is 0 Å². The molecule has 0 spiro atoms. The van der Waals surface area contributed by atoms with Crippen LogP contribution in [0.4, 0.5) is 0 Å². The minimum absolute atomic E-state index is 0.365. The van der Waals surface area contributed by atoms with Crippen LogP contribution in [0.2, 0.25) is 0 Å². The van der Waals surface area contributed by atoms with E-state index in [4.69, 9.17) is 0 Å². The Kier molecular flexibility index (Phi) is 1.81. The van der Waals surface area contributed by atoms with Crippen molar-refractivity contribution in [3.63, 3.8) is 0 Å². The highest BCUT2D eigenvalue weighted by Crippen LogP contribution is 2.16. The lowest BCUT2D eigenvalue weighted by Gasteiger charge is -2.04. The Morgan fingerprint density at radius 2 is 2.17 bits per heavy atom. The van der Waals surface area contributed by atoms with Crippen molar-refractivity contribution in [2.24, 2.45) is 0 Å². The molecule has 2 aromatic rings. The van der Waals surface area contributed by atoms with Crippen molar-refractivity contribution in [3.8, 4) is 0 Å². The molecule has 0 unspecified atom stereocenters. The van der Waals surface area contributed by atoms with Gasteiger partial charge in [-0.25, -0.2) is 0 Å². The van der Waals surface area contributed by atoms with Gasteiger partial charge in [-0.05, 0) is 11.6 Å². The summed E-state index contributed by atoms with van der Waals surface area (Å²) < 4.78 is 0. The second-order valence-corrected chi connectivity index (χ2v) is 2.68. The maximum absolute atomic E-state index is 10.2. The zero-order chi connectivity index (χ0) is 8.39. The molecule has 0 saturated carbocycles. The molecule has 0 radical (unpaired) electrons. The second kappa shape index (κ2) is 2.97. The fourth-order valence-electron chi connectivity index (χ4n) is 1.36. The predicted octanol–water partition coefficient (Wildman–Crippen LogP) is 1.76. The van der Waals surface area contributed by atoms with Gasteiger partial charge in [-0.3, -0.25) is 0 Å². The first-order valence-corrected chi connectivity index (χ1v) is 3.82. The third kappa shape index (κ3) is 1.09. The smallest absolute Gasteiger partial charge is 0.0457 e. The number of para-hydroxylation sites is 1. The average Bonchev–Trinajstić information content (AvgIpc) is 2.50. The van der Waals surface area contributed by atoms with Crippen LogP contribution in [0.1, 0.15) is 5.56 Å². The molecule has 1 aromatic carbocycles. The van der Waals surface area contributed by atoms with Crippen LogP contribution in [-0.4, -0.2) is 4.98 Å². The normalized spacial score (nSPS) is 10.8. The number of fused-ring (bicyclic) bond motifs is 1. The molecule has 0 aliphatic heterocycles. The van der Waals surface area contributed by atoms with E-state index in [1.165, 1.54) is 0 Å². The Morgan fingerprint density at radius 3 is 3.00 bits per heavy atom. The molecule has 3 heteroatoms. The molecule has 0 bridgehead atoms. The summed E-state index contributed by atoms with van der Waals surface area (Å²) in [6, 6.07) is 7.92. The standard InChI is InChI=1S/C9H9N2O/c12-11-6-7-5-10-9-4-2-1-3-8(7)9/h1-5,10-11H,6H2/q-1. The maximum atomic E-state index is 10.2. The van der Waals surface area contributed by atoms with Gasteiger partial charge in [0.05, 0.1) is 0 Å². The maximum Gasteiger partial charge on any atom is 0.0457 e. The Bertz CT molecular complexity index is 381. The van der Waals surface area contributed by atoms with Gasteiger partial charge in [0.25, 0.3) is 0 Å². The van der Waals surface area contributed by atoms with E-state index < -0.39 is 0 Å². The quantitative estimate of drug-likeness (QED) is 0.659. The van der Waals surface area contributed by atoms with Crippen molar-refractivity contribution >= 4 is 10.9 Å². The number of aromatic amines is 1. The van der Waals surface area contributed by atoms with Gasteiger partial charge in [0, 0.05) is 23.6 Å².